The molecule has 7 heteroatoms. The molecule has 1 aliphatic rings. The van der Waals surface area contributed by atoms with Crippen molar-refractivity contribution in [3.8, 4) is 0 Å². The van der Waals surface area contributed by atoms with Crippen LogP contribution in [-0.2, 0) is 19.6 Å². The van der Waals surface area contributed by atoms with Gasteiger partial charge in [0, 0.05) is 32.0 Å². The molecule has 23 heavy (non-hydrogen) atoms. The van der Waals surface area contributed by atoms with Crippen molar-refractivity contribution in [3.63, 3.8) is 0 Å². The molecule has 0 saturated carbocycles. The molecule has 0 amide bonds. The summed E-state index contributed by atoms with van der Waals surface area (Å²) >= 11 is 0. The fourth-order valence-electron chi connectivity index (χ4n) is 3.01. The summed E-state index contributed by atoms with van der Waals surface area (Å²) in [6.45, 7) is 5.05. The van der Waals surface area contributed by atoms with Gasteiger partial charge in [0.15, 0.2) is 5.82 Å². The molecule has 0 aliphatic carbocycles. The standard InChI is InChI=1S/C16H18N6O/c1-12-19-16(23-20-12)13-8-21(10-14-4-2-3-6-17-14)11-15-5-7-18-22(15)9-13/h2-7,13H,8-11H2,1H3. The highest BCUT2D eigenvalue weighted by molar-refractivity contribution is 5.08. The monoisotopic (exact) mass is 310 g/mol. The van der Waals surface area contributed by atoms with Crippen molar-refractivity contribution in [1.82, 2.24) is 29.8 Å². The van der Waals surface area contributed by atoms with Gasteiger partial charge in [-0.25, -0.2) is 0 Å². The lowest BCUT2D eigenvalue weighted by molar-refractivity contribution is 0.224. The van der Waals surface area contributed by atoms with Gasteiger partial charge in [0.2, 0.25) is 5.89 Å². The van der Waals surface area contributed by atoms with E-state index in [9.17, 15) is 0 Å². The van der Waals surface area contributed by atoms with E-state index in [1.54, 1.807) is 0 Å². The summed E-state index contributed by atoms with van der Waals surface area (Å²) in [5.41, 5.74) is 2.25. The van der Waals surface area contributed by atoms with Crippen molar-refractivity contribution in [3.05, 3.63) is 59.8 Å². The van der Waals surface area contributed by atoms with E-state index in [1.807, 2.05) is 42.2 Å². The third kappa shape index (κ3) is 3.00. The zero-order chi connectivity index (χ0) is 15.6. The molecular formula is C16H18N6O. The van der Waals surface area contributed by atoms with Crippen molar-refractivity contribution in [2.45, 2.75) is 32.5 Å². The number of fused-ring (bicyclic) bond motifs is 1. The third-order valence-corrected chi connectivity index (χ3v) is 4.07. The van der Waals surface area contributed by atoms with E-state index < -0.39 is 0 Å². The quantitative estimate of drug-likeness (QED) is 0.734. The zero-order valence-corrected chi connectivity index (χ0v) is 13.0. The molecule has 4 heterocycles. The molecule has 0 bridgehead atoms. The molecule has 0 aromatic carbocycles. The molecule has 3 aromatic heterocycles. The first-order chi connectivity index (χ1) is 11.3. The highest BCUT2D eigenvalue weighted by Gasteiger charge is 2.27. The molecule has 118 valence electrons. The lowest BCUT2D eigenvalue weighted by Gasteiger charge is -2.21. The van der Waals surface area contributed by atoms with Crippen LogP contribution in [-0.4, -0.2) is 36.3 Å². The number of pyridine rings is 1. The Balaban J connectivity index is 1.62. The van der Waals surface area contributed by atoms with Crippen LogP contribution in [0.25, 0.3) is 0 Å². The lowest BCUT2D eigenvalue weighted by Crippen LogP contribution is -2.27. The predicted molar refractivity (Wildman–Crippen MR) is 82.4 cm³/mol. The van der Waals surface area contributed by atoms with E-state index in [4.69, 9.17) is 4.52 Å². The summed E-state index contributed by atoms with van der Waals surface area (Å²) in [7, 11) is 0. The Hall–Kier alpha value is -2.54. The Morgan fingerprint density at radius 3 is 2.96 bits per heavy atom. The first-order valence-corrected chi connectivity index (χ1v) is 7.71. The average Bonchev–Trinajstić information content (AvgIpc) is 3.13. The first kappa shape index (κ1) is 14.1. The van der Waals surface area contributed by atoms with Gasteiger partial charge in [-0.2, -0.15) is 10.1 Å². The van der Waals surface area contributed by atoms with E-state index in [1.165, 1.54) is 5.69 Å². The summed E-state index contributed by atoms with van der Waals surface area (Å²) in [6, 6.07) is 8.06. The molecule has 0 N–H and O–H groups in total. The van der Waals surface area contributed by atoms with Gasteiger partial charge in [0.1, 0.15) is 0 Å². The Morgan fingerprint density at radius 2 is 2.17 bits per heavy atom. The van der Waals surface area contributed by atoms with Gasteiger partial charge in [0.25, 0.3) is 0 Å². The van der Waals surface area contributed by atoms with E-state index in [2.05, 4.69) is 31.2 Å². The number of rotatable bonds is 3. The minimum atomic E-state index is 0.126. The van der Waals surface area contributed by atoms with Crippen molar-refractivity contribution in [1.29, 1.82) is 0 Å². The van der Waals surface area contributed by atoms with Crippen LogP contribution in [0.4, 0.5) is 0 Å². The van der Waals surface area contributed by atoms with Crippen molar-refractivity contribution in [2.24, 2.45) is 0 Å². The minimum absolute atomic E-state index is 0.126. The number of aromatic nitrogens is 5. The number of aryl methyl sites for hydroxylation is 1. The molecule has 3 aromatic rings. The van der Waals surface area contributed by atoms with E-state index >= 15 is 0 Å². The maximum atomic E-state index is 5.40. The van der Waals surface area contributed by atoms with Gasteiger partial charge in [-0.15, -0.1) is 0 Å². The molecule has 1 unspecified atom stereocenters. The maximum absolute atomic E-state index is 5.40. The summed E-state index contributed by atoms with van der Waals surface area (Å²) in [5, 5.41) is 8.35. The second kappa shape index (κ2) is 5.92. The smallest absolute Gasteiger partial charge is 0.232 e. The Bertz CT molecular complexity index is 781. The maximum Gasteiger partial charge on any atom is 0.232 e. The van der Waals surface area contributed by atoms with Gasteiger partial charge in [-0.05, 0) is 25.1 Å². The number of nitrogens with zero attached hydrogens (tertiary/aromatic N) is 6. The van der Waals surface area contributed by atoms with E-state index in [0.29, 0.717) is 11.7 Å². The van der Waals surface area contributed by atoms with E-state index in [0.717, 1.165) is 31.9 Å². The van der Waals surface area contributed by atoms with Crippen LogP contribution in [0.3, 0.4) is 0 Å². The minimum Gasteiger partial charge on any atom is -0.339 e. The fraction of sp³-hybridized carbons (Fsp3) is 0.375. The van der Waals surface area contributed by atoms with Crippen LogP contribution >= 0.6 is 0 Å². The summed E-state index contributed by atoms with van der Waals surface area (Å²) < 4.78 is 7.44. The normalized spacial score (nSPS) is 18.6. The van der Waals surface area contributed by atoms with Crippen molar-refractivity contribution >= 4 is 0 Å². The van der Waals surface area contributed by atoms with Crippen LogP contribution in [0.5, 0.6) is 0 Å². The molecule has 0 fully saturated rings. The number of hydrogen-bond donors (Lipinski definition) is 0. The van der Waals surface area contributed by atoms with Gasteiger partial charge >= 0.3 is 0 Å². The van der Waals surface area contributed by atoms with Crippen molar-refractivity contribution < 1.29 is 4.52 Å². The summed E-state index contributed by atoms with van der Waals surface area (Å²) in [5.74, 6) is 1.47. The van der Waals surface area contributed by atoms with Gasteiger partial charge in [-0.3, -0.25) is 14.6 Å². The van der Waals surface area contributed by atoms with Crippen LogP contribution < -0.4 is 0 Å². The van der Waals surface area contributed by atoms with Crippen LogP contribution in [0, 0.1) is 6.92 Å². The highest BCUT2D eigenvalue weighted by atomic mass is 16.5. The zero-order valence-electron chi connectivity index (χ0n) is 13.0. The van der Waals surface area contributed by atoms with Gasteiger partial charge in [0.05, 0.1) is 23.9 Å². The van der Waals surface area contributed by atoms with Crippen LogP contribution in [0.1, 0.15) is 29.0 Å². The second-order valence-corrected chi connectivity index (χ2v) is 5.87. The number of hydrogen-bond acceptors (Lipinski definition) is 6. The third-order valence-electron chi connectivity index (χ3n) is 4.07. The Labute approximate surface area is 134 Å². The Kier molecular flexibility index (Phi) is 3.63. The molecule has 0 saturated heterocycles. The predicted octanol–water partition coefficient (Wildman–Crippen LogP) is 1.77. The first-order valence-electron chi connectivity index (χ1n) is 7.71. The lowest BCUT2D eigenvalue weighted by atomic mass is 10.1. The summed E-state index contributed by atoms with van der Waals surface area (Å²) in [4.78, 5) is 11.2. The fourth-order valence-corrected chi connectivity index (χ4v) is 3.01. The Morgan fingerprint density at radius 1 is 1.22 bits per heavy atom. The summed E-state index contributed by atoms with van der Waals surface area (Å²) in [6.07, 6.45) is 3.67. The second-order valence-electron chi connectivity index (χ2n) is 5.87. The van der Waals surface area contributed by atoms with Gasteiger partial charge < -0.3 is 4.52 Å². The molecule has 1 atom stereocenters. The van der Waals surface area contributed by atoms with Crippen molar-refractivity contribution in [2.75, 3.05) is 6.54 Å². The highest BCUT2D eigenvalue weighted by Crippen LogP contribution is 2.24. The molecule has 0 radical (unpaired) electrons. The molecule has 0 spiro atoms. The average molecular weight is 310 g/mol. The van der Waals surface area contributed by atoms with Crippen LogP contribution in [0.15, 0.2) is 41.2 Å². The molecule has 1 aliphatic heterocycles. The largest absolute Gasteiger partial charge is 0.339 e. The molecule has 7 nitrogen and oxygen atoms in total. The molecule has 4 rings (SSSR count). The SMILES string of the molecule is Cc1noc(C2CN(Cc3ccccn3)Cc3ccnn3C2)n1. The molecular weight excluding hydrogens is 292 g/mol. The van der Waals surface area contributed by atoms with Gasteiger partial charge in [-0.1, -0.05) is 11.2 Å². The topological polar surface area (TPSA) is 72.9 Å². The van der Waals surface area contributed by atoms with Crippen LogP contribution in [0.2, 0.25) is 0 Å². The van der Waals surface area contributed by atoms with E-state index in [-0.39, 0.29) is 5.92 Å².